The molecule has 21 heavy (non-hydrogen) atoms. The number of pyridine rings is 1. The van der Waals surface area contributed by atoms with Gasteiger partial charge in [-0.25, -0.2) is 0 Å². The number of benzene rings is 1. The second-order valence-corrected chi connectivity index (χ2v) is 4.61. The molecule has 0 aliphatic rings. The van der Waals surface area contributed by atoms with Gasteiger partial charge in [0, 0.05) is 31.2 Å². The highest BCUT2D eigenvalue weighted by Crippen LogP contribution is 2.25. The summed E-state index contributed by atoms with van der Waals surface area (Å²) in [6.07, 6.45) is 2.52. The van der Waals surface area contributed by atoms with E-state index in [-0.39, 0.29) is 5.91 Å². The Bertz CT molecular complexity index is 586. The molecule has 1 aromatic carbocycles. The van der Waals surface area contributed by atoms with Crippen molar-refractivity contribution in [3.8, 4) is 0 Å². The molecule has 1 amide bonds. The number of rotatable bonds is 6. The van der Waals surface area contributed by atoms with Crippen molar-refractivity contribution in [3.05, 3.63) is 54.4 Å². The van der Waals surface area contributed by atoms with Crippen LogP contribution < -0.4 is 16.0 Å². The third kappa shape index (κ3) is 3.79. The summed E-state index contributed by atoms with van der Waals surface area (Å²) in [5.41, 5.74) is 8.04. The summed E-state index contributed by atoms with van der Waals surface area (Å²) in [5.74, 6) is -0.191. The predicted octanol–water partition coefficient (Wildman–Crippen LogP) is 1.93. The number of carbonyl (C=O) groups excluding carboxylic acids is 1. The summed E-state index contributed by atoms with van der Waals surface area (Å²) in [6.45, 7) is 1.41. The zero-order valence-corrected chi connectivity index (χ0v) is 12.1. The number of para-hydroxylation sites is 1. The standard InChI is InChI=1S/C16H20N4O/c1-18-16(21)15-12-14(8-10-19-15)20(11-5-9-17)13-6-3-2-4-7-13/h2-4,6-8,10,12H,5,9,11,17H2,1H3,(H,18,21). The van der Waals surface area contributed by atoms with Crippen molar-refractivity contribution in [1.82, 2.24) is 10.3 Å². The highest BCUT2D eigenvalue weighted by Gasteiger charge is 2.12. The van der Waals surface area contributed by atoms with Crippen LogP contribution in [-0.2, 0) is 0 Å². The van der Waals surface area contributed by atoms with Crippen LogP contribution in [-0.4, -0.2) is 31.0 Å². The largest absolute Gasteiger partial charge is 0.354 e. The molecule has 5 heteroatoms. The molecule has 0 fully saturated rings. The number of nitrogens with one attached hydrogen (secondary N) is 1. The van der Waals surface area contributed by atoms with E-state index >= 15 is 0 Å². The molecule has 1 heterocycles. The Labute approximate surface area is 124 Å². The van der Waals surface area contributed by atoms with Crippen molar-refractivity contribution in [3.63, 3.8) is 0 Å². The number of aromatic nitrogens is 1. The van der Waals surface area contributed by atoms with E-state index in [4.69, 9.17) is 5.73 Å². The first kappa shape index (κ1) is 15.0. The van der Waals surface area contributed by atoms with E-state index in [1.165, 1.54) is 0 Å². The summed E-state index contributed by atoms with van der Waals surface area (Å²) in [4.78, 5) is 18.0. The van der Waals surface area contributed by atoms with E-state index in [2.05, 4.69) is 15.2 Å². The van der Waals surface area contributed by atoms with Crippen LogP contribution in [0.4, 0.5) is 11.4 Å². The lowest BCUT2D eigenvalue weighted by atomic mass is 10.2. The van der Waals surface area contributed by atoms with Gasteiger partial charge >= 0.3 is 0 Å². The van der Waals surface area contributed by atoms with Gasteiger partial charge in [0.15, 0.2) is 0 Å². The number of hydrogen-bond acceptors (Lipinski definition) is 4. The van der Waals surface area contributed by atoms with Gasteiger partial charge in [-0.15, -0.1) is 0 Å². The molecule has 3 N–H and O–H groups in total. The summed E-state index contributed by atoms with van der Waals surface area (Å²) in [7, 11) is 1.60. The molecule has 2 rings (SSSR count). The summed E-state index contributed by atoms with van der Waals surface area (Å²) in [6, 6.07) is 13.7. The third-order valence-electron chi connectivity index (χ3n) is 3.17. The number of hydrogen-bond donors (Lipinski definition) is 2. The number of nitrogens with two attached hydrogens (primary N) is 1. The molecule has 0 aliphatic carbocycles. The van der Waals surface area contributed by atoms with Crippen LogP contribution in [0.3, 0.4) is 0 Å². The zero-order valence-electron chi connectivity index (χ0n) is 12.1. The lowest BCUT2D eigenvalue weighted by Gasteiger charge is -2.25. The Balaban J connectivity index is 2.34. The first-order valence-electron chi connectivity index (χ1n) is 6.97. The molecular weight excluding hydrogens is 264 g/mol. The molecule has 0 bridgehead atoms. The molecule has 0 unspecified atom stereocenters. The third-order valence-corrected chi connectivity index (χ3v) is 3.17. The van der Waals surface area contributed by atoms with Gasteiger partial charge in [0.2, 0.25) is 0 Å². The fourth-order valence-electron chi connectivity index (χ4n) is 2.10. The maximum absolute atomic E-state index is 11.7. The Morgan fingerprint density at radius 2 is 2.00 bits per heavy atom. The maximum Gasteiger partial charge on any atom is 0.269 e. The van der Waals surface area contributed by atoms with Gasteiger partial charge in [-0.2, -0.15) is 0 Å². The number of amides is 1. The summed E-state index contributed by atoms with van der Waals surface area (Å²) < 4.78 is 0. The van der Waals surface area contributed by atoms with Gasteiger partial charge in [0.05, 0.1) is 0 Å². The van der Waals surface area contributed by atoms with E-state index in [0.717, 1.165) is 24.3 Å². The molecule has 0 saturated heterocycles. The van der Waals surface area contributed by atoms with Gasteiger partial charge in [-0.3, -0.25) is 9.78 Å². The Morgan fingerprint density at radius 3 is 2.67 bits per heavy atom. The Hall–Kier alpha value is -2.40. The SMILES string of the molecule is CNC(=O)c1cc(N(CCCN)c2ccccc2)ccn1. The second-order valence-electron chi connectivity index (χ2n) is 4.61. The van der Waals surface area contributed by atoms with E-state index in [1.54, 1.807) is 19.3 Å². The van der Waals surface area contributed by atoms with E-state index in [9.17, 15) is 4.79 Å². The number of carbonyl (C=O) groups is 1. The van der Waals surface area contributed by atoms with Gasteiger partial charge in [-0.05, 0) is 37.2 Å². The molecule has 5 nitrogen and oxygen atoms in total. The second kappa shape index (κ2) is 7.40. The van der Waals surface area contributed by atoms with Gasteiger partial charge in [0.1, 0.15) is 5.69 Å². The van der Waals surface area contributed by atoms with Crippen molar-refractivity contribution in [2.75, 3.05) is 25.0 Å². The number of nitrogens with zero attached hydrogens (tertiary/aromatic N) is 2. The molecule has 0 spiro atoms. The summed E-state index contributed by atoms with van der Waals surface area (Å²) >= 11 is 0. The van der Waals surface area contributed by atoms with Crippen LogP contribution in [0, 0.1) is 0 Å². The van der Waals surface area contributed by atoms with Gasteiger partial charge in [0.25, 0.3) is 5.91 Å². The van der Waals surface area contributed by atoms with Crippen molar-refractivity contribution in [2.45, 2.75) is 6.42 Å². The highest BCUT2D eigenvalue weighted by molar-refractivity contribution is 5.93. The molecule has 0 aliphatic heterocycles. The topological polar surface area (TPSA) is 71.2 Å². The fourth-order valence-corrected chi connectivity index (χ4v) is 2.10. The molecule has 1 aromatic heterocycles. The van der Waals surface area contributed by atoms with Crippen LogP contribution >= 0.6 is 0 Å². The predicted molar refractivity (Wildman–Crippen MR) is 84.7 cm³/mol. The highest BCUT2D eigenvalue weighted by atomic mass is 16.1. The fraction of sp³-hybridized carbons (Fsp3) is 0.250. The van der Waals surface area contributed by atoms with E-state index in [0.29, 0.717) is 12.2 Å². The maximum atomic E-state index is 11.7. The lowest BCUT2D eigenvalue weighted by Crippen LogP contribution is -2.23. The van der Waals surface area contributed by atoms with E-state index < -0.39 is 0 Å². The minimum Gasteiger partial charge on any atom is -0.354 e. The van der Waals surface area contributed by atoms with Crippen LogP contribution in [0.15, 0.2) is 48.7 Å². The smallest absolute Gasteiger partial charge is 0.269 e. The van der Waals surface area contributed by atoms with Crippen molar-refractivity contribution < 1.29 is 4.79 Å². The average molecular weight is 284 g/mol. The number of anilines is 2. The Morgan fingerprint density at radius 1 is 1.24 bits per heavy atom. The monoisotopic (exact) mass is 284 g/mol. The quantitative estimate of drug-likeness (QED) is 0.850. The van der Waals surface area contributed by atoms with Crippen LogP contribution in [0.25, 0.3) is 0 Å². The Kier molecular flexibility index (Phi) is 5.29. The van der Waals surface area contributed by atoms with Gasteiger partial charge in [-0.1, -0.05) is 18.2 Å². The molecule has 110 valence electrons. The van der Waals surface area contributed by atoms with Crippen molar-refractivity contribution in [1.29, 1.82) is 0 Å². The minimum atomic E-state index is -0.191. The molecule has 0 atom stereocenters. The van der Waals surface area contributed by atoms with Crippen LogP contribution in [0.2, 0.25) is 0 Å². The average Bonchev–Trinajstić information content (AvgIpc) is 2.56. The molecule has 0 saturated carbocycles. The minimum absolute atomic E-state index is 0.191. The van der Waals surface area contributed by atoms with Crippen LogP contribution in [0.5, 0.6) is 0 Å². The lowest BCUT2D eigenvalue weighted by molar-refractivity contribution is 0.0958. The first-order chi connectivity index (χ1) is 10.3. The van der Waals surface area contributed by atoms with Crippen LogP contribution in [0.1, 0.15) is 16.9 Å². The normalized spacial score (nSPS) is 10.2. The van der Waals surface area contributed by atoms with Crippen molar-refractivity contribution >= 4 is 17.3 Å². The molecule has 0 radical (unpaired) electrons. The zero-order chi connectivity index (χ0) is 15.1. The van der Waals surface area contributed by atoms with Crippen molar-refractivity contribution in [2.24, 2.45) is 5.73 Å². The van der Waals surface area contributed by atoms with Gasteiger partial charge < -0.3 is 16.0 Å². The summed E-state index contributed by atoms with van der Waals surface area (Å²) in [5, 5.41) is 2.59. The molecular formula is C16H20N4O. The first-order valence-corrected chi connectivity index (χ1v) is 6.97. The van der Waals surface area contributed by atoms with E-state index in [1.807, 2.05) is 36.4 Å². The molecule has 2 aromatic rings.